The lowest BCUT2D eigenvalue weighted by atomic mass is 10.1. The van der Waals surface area contributed by atoms with Crippen LogP contribution in [0.25, 0.3) is 0 Å². The highest BCUT2D eigenvalue weighted by Gasteiger charge is 2.38. The maximum Gasteiger partial charge on any atom is 0.416 e. The predicted molar refractivity (Wildman–Crippen MR) is 75.6 cm³/mol. The molecule has 0 aliphatic rings. The molecule has 10 heteroatoms. The molecule has 1 aromatic carbocycles. The van der Waals surface area contributed by atoms with Crippen molar-refractivity contribution >= 4 is 10.0 Å². The molecule has 1 rings (SSSR count). The van der Waals surface area contributed by atoms with E-state index < -0.39 is 38.4 Å². The summed E-state index contributed by atoms with van der Waals surface area (Å²) >= 11 is 0. The Morgan fingerprint density at radius 1 is 0.875 bits per heavy atom. The molecule has 0 N–H and O–H groups in total. The van der Waals surface area contributed by atoms with Gasteiger partial charge in [0.05, 0.1) is 16.0 Å². The Bertz CT molecular complexity index is 680. The van der Waals surface area contributed by atoms with Crippen molar-refractivity contribution < 1.29 is 34.8 Å². The third-order valence-electron chi connectivity index (χ3n) is 2.86. The first-order chi connectivity index (χ1) is 10.8. The van der Waals surface area contributed by atoms with Crippen LogP contribution in [-0.4, -0.2) is 25.8 Å². The van der Waals surface area contributed by atoms with Crippen LogP contribution in [0.3, 0.4) is 0 Å². The zero-order chi connectivity index (χ0) is 18.8. The standard InChI is InChI=1S/C14H13F6NO2S/c1-3-5-21(6-4-2)24(22,23)12-8-10(13(15,16)17)7-11(9-12)14(18,19)20/h3-4,7-9H,1-2,5-6H2. The van der Waals surface area contributed by atoms with Crippen LogP contribution in [0.15, 0.2) is 48.4 Å². The van der Waals surface area contributed by atoms with Gasteiger partial charge in [0.2, 0.25) is 10.0 Å². The summed E-state index contributed by atoms with van der Waals surface area (Å²) in [7, 11) is -4.60. The lowest BCUT2D eigenvalue weighted by Gasteiger charge is -2.21. The SMILES string of the molecule is C=CCN(CC=C)S(=O)(=O)c1cc(C(F)(F)F)cc(C(F)(F)F)c1. The molecule has 3 nitrogen and oxygen atoms in total. The summed E-state index contributed by atoms with van der Waals surface area (Å²) in [5.41, 5.74) is -3.40. The zero-order valence-electron chi connectivity index (χ0n) is 12.2. The maximum atomic E-state index is 12.8. The molecule has 0 radical (unpaired) electrons. The maximum absolute atomic E-state index is 12.8. The fraction of sp³-hybridized carbons (Fsp3) is 0.286. The normalized spacial score (nSPS) is 13.1. The molecule has 0 bridgehead atoms. The Morgan fingerprint density at radius 3 is 1.54 bits per heavy atom. The van der Waals surface area contributed by atoms with Crippen LogP contribution >= 0.6 is 0 Å². The molecule has 0 heterocycles. The van der Waals surface area contributed by atoms with Crippen molar-refractivity contribution in [2.75, 3.05) is 13.1 Å². The van der Waals surface area contributed by atoms with E-state index in [-0.39, 0.29) is 31.3 Å². The largest absolute Gasteiger partial charge is 0.416 e. The smallest absolute Gasteiger partial charge is 0.207 e. The molecule has 1 aromatic rings. The number of benzene rings is 1. The van der Waals surface area contributed by atoms with Gasteiger partial charge in [0, 0.05) is 13.1 Å². The number of alkyl halides is 6. The van der Waals surface area contributed by atoms with E-state index in [1.807, 2.05) is 0 Å². The number of rotatable bonds is 6. The highest BCUT2D eigenvalue weighted by atomic mass is 32.2. The predicted octanol–water partition coefficient (Wildman–Crippen LogP) is 4.09. The molecule has 0 aliphatic heterocycles. The van der Waals surface area contributed by atoms with Gasteiger partial charge < -0.3 is 0 Å². The van der Waals surface area contributed by atoms with Gasteiger partial charge in [0.25, 0.3) is 0 Å². The third kappa shape index (κ3) is 4.60. The van der Waals surface area contributed by atoms with E-state index in [0.29, 0.717) is 4.31 Å². The molecule has 0 amide bonds. The second kappa shape index (κ2) is 6.98. The minimum Gasteiger partial charge on any atom is -0.207 e. The molecule has 0 fully saturated rings. The van der Waals surface area contributed by atoms with E-state index in [0.717, 1.165) is 12.2 Å². The Balaban J connectivity index is 3.62. The molecule has 0 atom stereocenters. The molecule has 0 aliphatic carbocycles. The van der Waals surface area contributed by atoms with E-state index >= 15 is 0 Å². The number of sulfonamides is 1. The van der Waals surface area contributed by atoms with E-state index in [2.05, 4.69) is 13.2 Å². The Kier molecular flexibility index (Phi) is 5.88. The first kappa shape index (κ1) is 20.2. The Hall–Kier alpha value is -1.81. The molecule has 0 spiro atoms. The highest BCUT2D eigenvalue weighted by Crippen LogP contribution is 2.37. The molecule has 134 valence electrons. The van der Waals surface area contributed by atoms with Gasteiger partial charge in [-0.05, 0) is 18.2 Å². The first-order valence-electron chi connectivity index (χ1n) is 6.35. The van der Waals surface area contributed by atoms with E-state index in [9.17, 15) is 34.8 Å². The van der Waals surface area contributed by atoms with Gasteiger partial charge in [-0.15, -0.1) is 13.2 Å². The van der Waals surface area contributed by atoms with Crippen molar-refractivity contribution in [3.05, 3.63) is 54.6 Å². The zero-order valence-corrected chi connectivity index (χ0v) is 13.0. The summed E-state index contributed by atoms with van der Waals surface area (Å²) < 4.78 is 102. The van der Waals surface area contributed by atoms with Crippen molar-refractivity contribution in [1.82, 2.24) is 4.31 Å². The second-order valence-electron chi connectivity index (χ2n) is 4.64. The number of hydrogen-bond donors (Lipinski definition) is 0. The van der Waals surface area contributed by atoms with Crippen LogP contribution in [0.5, 0.6) is 0 Å². The number of halogens is 6. The quantitative estimate of drug-likeness (QED) is 0.557. The minimum atomic E-state index is -5.13. The van der Waals surface area contributed by atoms with E-state index in [4.69, 9.17) is 0 Å². The molecule has 0 saturated heterocycles. The van der Waals surface area contributed by atoms with Crippen molar-refractivity contribution in [2.24, 2.45) is 0 Å². The highest BCUT2D eigenvalue weighted by molar-refractivity contribution is 7.89. The second-order valence-corrected chi connectivity index (χ2v) is 6.58. The van der Waals surface area contributed by atoms with Gasteiger partial charge in [-0.3, -0.25) is 0 Å². The third-order valence-corrected chi connectivity index (χ3v) is 4.67. The van der Waals surface area contributed by atoms with Gasteiger partial charge in [-0.2, -0.15) is 30.6 Å². The fourth-order valence-corrected chi connectivity index (χ4v) is 3.24. The molecule has 0 unspecified atom stereocenters. The van der Waals surface area contributed by atoms with Crippen molar-refractivity contribution in [3.63, 3.8) is 0 Å². The lowest BCUT2D eigenvalue weighted by molar-refractivity contribution is -0.143. The number of nitrogens with zero attached hydrogens (tertiary/aromatic N) is 1. The monoisotopic (exact) mass is 373 g/mol. The average Bonchev–Trinajstić information content (AvgIpc) is 2.44. The Labute approximate surface area is 134 Å². The van der Waals surface area contributed by atoms with Crippen molar-refractivity contribution in [3.8, 4) is 0 Å². The molecule has 0 aromatic heterocycles. The molecular formula is C14H13F6NO2S. The summed E-state index contributed by atoms with van der Waals surface area (Å²) in [6, 6.07) is 0.206. The van der Waals surface area contributed by atoms with Gasteiger partial charge >= 0.3 is 12.4 Å². The minimum absolute atomic E-state index is 0.135. The topological polar surface area (TPSA) is 37.4 Å². The van der Waals surface area contributed by atoms with E-state index in [1.54, 1.807) is 0 Å². The van der Waals surface area contributed by atoms with Crippen LogP contribution in [0, 0.1) is 0 Å². The summed E-state index contributed by atoms with van der Waals surface area (Å²) in [6.07, 6.45) is -7.96. The summed E-state index contributed by atoms with van der Waals surface area (Å²) in [6.45, 7) is 6.01. The summed E-state index contributed by atoms with van der Waals surface area (Å²) in [4.78, 5) is -1.10. The van der Waals surface area contributed by atoms with Crippen LogP contribution in [0.2, 0.25) is 0 Å². The van der Waals surface area contributed by atoms with Crippen LogP contribution < -0.4 is 0 Å². The van der Waals surface area contributed by atoms with E-state index in [1.165, 1.54) is 0 Å². The van der Waals surface area contributed by atoms with Crippen LogP contribution in [0.1, 0.15) is 11.1 Å². The number of hydrogen-bond acceptors (Lipinski definition) is 2. The van der Waals surface area contributed by atoms with Crippen molar-refractivity contribution in [2.45, 2.75) is 17.2 Å². The van der Waals surface area contributed by atoms with Gasteiger partial charge in [-0.25, -0.2) is 8.42 Å². The van der Waals surface area contributed by atoms with Crippen molar-refractivity contribution in [1.29, 1.82) is 0 Å². The van der Waals surface area contributed by atoms with Gasteiger partial charge in [0.15, 0.2) is 0 Å². The molecule has 24 heavy (non-hydrogen) atoms. The molecular weight excluding hydrogens is 360 g/mol. The first-order valence-corrected chi connectivity index (χ1v) is 7.79. The lowest BCUT2D eigenvalue weighted by Crippen LogP contribution is -2.32. The Morgan fingerprint density at radius 2 is 1.25 bits per heavy atom. The average molecular weight is 373 g/mol. The van der Waals surface area contributed by atoms with Gasteiger partial charge in [0.1, 0.15) is 0 Å². The fourth-order valence-electron chi connectivity index (χ4n) is 1.78. The molecule has 0 saturated carbocycles. The van der Waals surface area contributed by atoms with Crippen LogP contribution in [-0.2, 0) is 22.4 Å². The van der Waals surface area contributed by atoms with Crippen LogP contribution in [0.4, 0.5) is 26.3 Å². The van der Waals surface area contributed by atoms with Gasteiger partial charge in [-0.1, -0.05) is 12.2 Å². The summed E-state index contributed by atoms with van der Waals surface area (Å²) in [5, 5.41) is 0. The summed E-state index contributed by atoms with van der Waals surface area (Å²) in [5.74, 6) is 0.